The number of ether oxygens (including phenoxy) is 4. The van der Waals surface area contributed by atoms with Crippen LogP contribution in [0, 0.1) is 0 Å². The number of methoxy groups -OCH3 is 2. The van der Waals surface area contributed by atoms with E-state index in [0.29, 0.717) is 23.6 Å². The largest absolute Gasteiger partial charge is 0.467 e. The molecule has 0 aromatic heterocycles. The van der Waals surface area contributed by atoms with Gasteiger partial charge in [0.15, 0.2) is 13.6 Å². The Morgan fingerprint density at radius 2 is 1.65 bits per heavy atom. The Morgan fingerprint density at radius 3 is 2.23 bits per heavy atom. The Morgan fingerprint density at radius 1 is 1.04 bits per heavy atom. The standard InChI is InChI=1S/C19H22BrNO5/c1-13(21-22)9-15-18(14-7-5-4-6-8-14)16(25-11-23-2)10-17(19(15)20)26-12-24-3/h4-8,10,22H,9,11-12H2,1-3H3. The minimum atomic E-state index is 0.0949. The molecule has 2 aromatic carbocycles. The van der Waals surface area contributed by atoms with Crippen molar-refractivity contribution in [2.24, 2.45) is 5.16 Å². The van der Waals surface area contributed by atoms with Crippen molar-refractivity contribution >= 4 is 21.6 Å². The molecular formula is C19H22BrNO5. The van der Waals surface area contributed by atoms with Crippen LogP contribution in [0.5, 0.6) is 11.5 Å². The Hall–Kier alpha value is -2.09. The highest BCUT2D eigenvalue weighted by atomic mass is 79.9. The summed E-state index contributed by atoms with van der Waals surface area (Å²) in [7, 11) is 3.12. The molecule has 0 saturated carbocycles. The molecule has 0 unspecified atom stereocenters. The molecule has 0 heterocycles. The summed E-state index contributed by atoms with van der Waals surface area (Å²) in [6, 6.07) is 11.6. The van der Waals surface area contributed by atoms with Crippen molar-refractivity contribution in [2.45, 2.75) is 13.3 Å². The number of hydrogen-bond donors (Lipinski definition) is 1. The SMILES string of the molecule is COCOc1cc(OCOC)c(-c2ccccc2)c(CC(C)=NO)c1Br. The van der Waals surface area contributed by atoms with Crippen molar-refractivity contribution in [3.63, 3.8) is 0 Å². The van der Waals surface area contributed by atoms with E-state index >= 15 is 0 Å². The van der Waals surface area contributed by atoms with Gasteiger partial charge in [0.2, 0.25) is 0 Å². The van der Waals surface area contributed by atoms with Crippen molar-refractivity contribution in [3.8, 4) is 22.6 Å². The second-order valence-corrected chi connectivity index (χ2v) is 6.31. The smallest absolute Gasteiger partial charge is 0.188 e. The molecule has 140 valence electrons. The van der Waals surface area contributed by atoms with Crippen LogP contribution in [0.1, 0.15) is 12.5 Å². The molecule has 0 aliphatic carbocycles. The van der Waals surface area contributed by atoms with Crippen LogP contribution in [-0.2, 0) is 15.9 Å². The molecule has 0 saturated heterocycles. The second-order valence-electron chi connectivity index (χ2n) is 5.52. The summed E-state index contributed by atoms with van der Waals surface area (Å²) in [5.41, 5.74) is 3.29. The van der Waals surface area contributed by atoms with Crippen molar-refractivity contribution in [1.29, 1.82) is 0 Å². The molecule has 0 fully saturated rings. The van der Waals surface area contributed by atoms with Gasteiger partial charge >= 0.3 is 0 Å². The third-order valence-electron chi connectivity index (χ3n) is 3.62. The highest BCUT2D eigenvalue weighted by Crippen LogP contribution is 2.43. The Labute approximate surface area is 161 Å². The lowest BCUT2D eigenvalue weighted by Gasteiger charge is -2.20. The van der Waals surface area contributed by atoms with Crippen LogP contribution in [0.2, 0.25) is 0 Å². The number of oxime groups is 1. The maximum absolute atomic E-state index is 9.14. The average molecular weight is 424 g/mol. The van der Waals surface area contributed by atoms with Crippen LogP contribution in [0.25, 0.3) is 11.1 Å². The highest BCUT2D eigenvalue weighted by molar-refractivity contribution is 9.10. The van der Waals surface area contributed by atoms with E-state index in [1.165, 1.54) is 0 Å². The van der Waals surface area contributed by atoms with Crippen LogP contribution in [0.4, 0.5) is 0 Å². The van der Waals surface area contributed by atoms with Crippen LogP contribution in [0.15, 0.2) is 46.0 Å². The van der Waals surface area contributed by atoms with Gasteiger partial charge in [-0.15, -0.1) is 0 Å². The van der Waals surface area contributed by atoms with Gasteiger partial charge in [0, 0.05) is 32.3 Å². The van der Waals surface area contributed by atoms with Gasteiger partial charge in [0.05, 0.1) is 10.2 Å². The zero-order chi connectivity index (χ0) is 18.9. The summed E-state index contributed by atoms with van der Waals surface area (Å²) < 4.78 is 22.3. The lowest BCUT2D eigenvalue weighted by molar-refractivity contribution is 0.0458. The molecule has 26 heavy (non-hydrogen) atoms. The molecule has 6 nitrogen and oxygen atoms in total. The Bertz CT molecular complexity index is 749. The van der Waals surface area contributed by atoms with E-state index in [0.717, 1.165) is 21.2 Å². The van der Waals surface area contributed by atoms with E-state index in [1.807, 2.05) is 30.3 Å². The van der Waals surface area contributed by atoms with E-state index in [2.05, 4.69) is 21.1 Å². The predicted molar refractivity (Wildman–Crippen MR) is 103 cm³/mol. The molecule has 0 bridgehead atoms. The molecular weight excluding hydrogens is 402 g/mol. The summed E-state index contributed by atoms with van der Waals surface area (Å²) in [6.07, 6.45) is 0.412. The summed E-state index contributed by atoms with van der Waals surface area (Å²) in [4.78, 5) is 0. The first-order chi connectivity index (χ1) is 12.6. The van der Waals surface area contributed by atoms with Crippen LogP contribution < -0.4 is 9.47 Å². The highest BCUT2D eigenvalue weighted by Gasteiger charge is 2.21. The molecule has 0 aliphatic rings. The van der Waals surface area contributed by atoms with Crippen LogP contribution in [0.3, 0.4) is 0 Å². The fraction of sp³-hybridized carbons (Fsp3) is 0.316. The van der Waals surface area contributed by atoms with Crippen molar-refractivity contribution in [3.05, 3.63) is 46.4 Å². The van der Waals surface area contributed by atoms with Gasteiger partial charge in [-0.2, -0.15) is 0 Å². The fourth-order valence-electron chi connectivity index (χ4n) is 2.50. The first-order valence-electron chi connectivity index (χ1n) is 7.94. The number of hydrogen-bond acceptors (Lipinski definition) is 6. The van der Waals surface area contributed by atoms with Gasteiger partial charge < -0.3 is 24.2 Å². The summed E-state index contributed by atoms with van der Waals surface area (Å²) in [5, 5.41) is 12.4. The minimum Gasteiger partial charge on any atom is -0.467 e. The lowest BCUT2D eigenvalue weighted by Crippen LogP contribution is -2.08. The normalized spacial score (nSPS) is 11.5. The number of benzene rings is 2. The van der Waals surface area contributed by atoms with Gasteiger partial charge in [0.25, 0.3) is 0 Å². The Kier molecular flexibility index (Phi) is 7.90. The number of halogens is 1. The molecule has 0 spiro atoms. The van der Waals surface area contributed by atoms with E-state index in [1.54, 1.807) is 27.2 Å². The molecule has 0 amide bonds. The van der Waals surface area contributed by atoms with Crippen LogP contribution in [-0.4, -0.2) is 38.7 Å². The Balaban J connectivity index is 2.68. The van der Waals surface area contributed by atoms with Crippen molar-refractivity contribution < 1.29 is 24.2 Å². The molecule has 1 N–H and O–H groups in total. The van der Waals surface area contributed by atoms with Gasteiger partial charge in [-0.05, 0) is 34.0 Å². The van der Waals surface area contributed by atoms with Gasteiger partial charge in [-0.25, -0.2) is 0 Å². The second kappa shape index (κ2) is 10.2. The topological polar surface area (TPSA) is 69.5 Å². The van der Waals surface area contributed by atoms with Crippen molar-refractivity contribution in [2.75, 3.05) is 27.8 Å². The number of rotatable bonds is 9. The van der Waals surface area contributed by atoms with E-state index in [4.69, 9.17) is 24.2 Å². The summed E-state index contributed by atoms with van der Waals surface area (Å²) in [5.74, 6) is 1.17. The molecule has 0 atom stereocenters. The first-order valence-corrected chi connectivity index (χ1v) is 8.73. The minimum absolute atomic E-state index is 0.0949. The van der Waals surface area contributed by atoms with E-state index in [-0.39, 0.29) is 13.6 Å². The summed E-state index contributed by atoms with van der Waals surface area (Å²) in [6.45, 7) is 1.94. The van der Waals surface area contributed by atoms with Crippen molar-refractivity contribution in [1.82, 2.24) is 0 Å². The van der Waals surface area contributed by atoms with Crippen LogP contribution >= 0.6 is 15.9 Å². The molecule has 0 radical (unpaired) electrons. The monoisotopic (exact) mass is 423 g/mol. The third kappa shape index (κ3) is 4.97. The van der Waals surface area contributed by atoms with E-state index in [9.17, 15) is 0 Å². The third-order valence-corrected chi connectivity index (χ3v) is 4.49. The number of nitrogens with zero attached hydrogens (tertiary/aromatic N) is 1. The molecule has 0 aliphatic heterocycles. The zero-order valence-electron chi connectivity index (χ0n) is 15.0. The first kappa shape index (κ1) is 20.2. The van der Waals surface area contributed by atoms with Gasteiger partial charge in [-0.1, -0.05) is 35.5 Å². The quantitative estimate of drug-likeness (QED) is 0.278. The average Bonchev–Trinajstić information content (AvgIpc) is 2.67. The fourth-order valence-corrected chi connectivity index (χ4v) is 3.07. The van der Waals surface area contributed by atoms with Gasteiger partial charge in [-0.3, -0.25) is 0 Å². The maximum Gasteiger partial charge on any atom is 0.188 e. The maximum atomic E-state index is 9.14. The predicted octanol–water partition coefficient (Wildman–Crippen LogP) is 4.47. The van der Waals surface area contributed by atoms with E-state index < -0.39 is 0 Å². The molecule has 7 heteroatoms. The molecule has 2 aromatic rings. The zero-order valence-corrected chi connectivity index (χ0v) is 16.6. The molecule has 2 rings (SSSR count). The summed E-state index contributed by atoms with van der Waals surface area (Å²) >= 11 is 3.62. The lowest BCUT2D eigenvalue weighted by atomic mass is 9.95. The van der Waals surface area contributed by atoms with Gasteiger partial charge in [0.1, 0.15) is 11.5 Å².